The van der Waals surface area contributed by atoms with E-state index in [0.717, 1.165) is 50.0 Å². The molecular weight excluding hydrogens is 1160 g/mol. The Morgan fingerprint density at radius 3 is 1.79 bits per heavy atom. The highest BCUT2D eigenvalue weighted by atomic mass is 19.3. The first-order valence-electron chi connectivity index (χ1n) is 32.1. The van der Waals surface area contributed by atoms with Crippen LogP contribution in [0, 0.1) is 30.1 Å². The van der Waals surface area contributed by atoms with Gasteiger partial charge < -0.3 is 46.0 Å². The molecule has 6 N–H and O–H groups in total. The van der Waals surface area contributed by atoms with Crippen LogP contribution in [-0.2, 0) is 69.1 Å². The van der Waals surface area contributed by atoms with Gasteiger partial charge in [-0.2, -0.15) is 5.26 Å². The number of amides is 6. The number of alkyl halides is 2. The van der Waals surface area contributed by atoms with E-state index in [-0.39, 0.29) is 76.5 Å². The van der Waals surface area contributed by atoms with Gasteiger partial charge in [0, 0.05) is 104 Å². The van der Waals surface area contributed by atoms with Gasteiger partial charge in [0.25, 0.3) is 5.92 Å². The van der Waals surface area contributed by atoms with E-state index in [1.54, 1.807) is 25.7 Å². The van der Waals surface area contributed by atoms with Gasteiger partial charge in [-0.1, -0.05) is 95.0 Å². The maximum atomic E-state index is 13.4. The number of nitrogens with one attached hydrogen (secondary N) is 3. The molecule has 6 amide bonds. The molecular formula is C65H101F2N11O12. The average Bonchev–Trinajstić information content (AvgIpc) is 2.24. The lowest BCUT2D eigenvalue weighted by Crippen LogP contribution is -2.50. The molecule has 2 aromatic rings. The number of piperidine rings is 1. The SMILES string of the molecule is CC.CCC1CCNC1=O.CCCCCCc1ccc(C)cc1.N#CC1CC(F)(F)CN1C=O.O=CNC(CCCCNC(=O)CN1CCN(CC(=O)O)CCN(CC(=O)O)CCN(CC(=O)O)CC1)C(=O)N1CCC(Cc2cccc3c2CN(C=O)C3)CC1. The van der Waals surface area contributed by atoms with Crippen LogP contribution in [0.5, 0.6) is 0 Å². The number of aliphatic carboxylic acids is 3. The van der Waals surface area contributed by atoms with Crippen molar-refractivity contribution in [3.63, 3.8) is 0 Å². The third kappa shape index (κ3) is 29.7. The van der Waals surface area contributed by atoms with Crippen LogP contribution in [0.15, 0.2) is 42.5 Å². The van der Waals surface area contributed by atoms with Gasteiger partial charge in [-0.3, -0.25) is 62.8 Å². The van der Waals surface area contributed by atoms with Crippen molar-refractivity contribution in [1.82, 2.24) is 50.2 Å². The van der Waals surface area contributed by atoms with Crippen LogP contribution in [0.4, 0.5) is 8.78 Å². The molecule has 4 saturated heterocycles. The average molecular weight is 1270 g/mol. The highest BCUT2D eigenvalue weighted by molar-refractivity contribution is 5.84. The Hall–Kier alpha value is -7.14. The second kappa shape index (κ2) is 42.8. The molecule has 90 heavy (non-hydrogen) atoms. The predicted molar refractivity (Wildman–Crippen MR) is 337 cm³/mol. The summed E-state index contributed by atoms with van der Waals surface area (Å²) in [6.45, 7) is 15.3. The molecule has 0 radical (unpaired) electrons. The lowest BCUT2D eigenvalue weighted by atomic mass is 9.87. The molecule has 0 saturated carbocycles. The minimum Gasteiger partial charge on any atom is -0.480 e. The minimum absolute atomic E-state index is 0.0145. The molecule has 0 aromatic heterocycles. The topological polar surface area (TPSA) is 297 Å². The molecule has 502 valence electrons. The van der Waals surface area contributed by atoms with Gasteiger partial charge in [0.05, 0.1) is 38.8 Å². The van der Waals surface area contributed by atoms with Crippen LogP contribution < -0.4 is 16.0 Å². The zero-order chi connectivity index (χ0) is 66.4. The number of nitriles is 1. The number of carboxylic acids is 3. The lowest BCUT2D eigenvalue weighted by molar-refractivity contribution is -0.140. The highest BCUT2D eigenvalue weighted by Gasteiger charge is 2.44. The van der Waals surface area contributed by atoms with Gasteiger partial charge in [0.15, 0.2) is 0 Å². The number of hydrogen-bond acceptors (Lipinski definition) is 14. The zero-order valence-corrected chi connectivity index (χ0v) is 53.8. The molecule has 5 aliphatic heterocycles. The Morgan fingerprint density at radius 1 is 0.744 bits per heavy atom. The number of carbonyl (C=O) groups is 9. The smallest absolute Gasteiger partial charge is 0.317 e. The monoisotopic (exact) mass is 1270 g/mol. The molecule has 25 heteroatoms. The van der Waals surface area contributed by atoms with Gasteiger partial charge in [-0.15, -0.1) is 0 Å². The summed E-state index contributed by atoms with van der Waals surface area (Å²) < 4.78 is 24.9. The van der Waals surface area contributed by atoms with E-state index in [9.17, 15) is 67.3 Å². The number of nitrogens with zero attached hydrogens (tertiary/aromatic N) is 8. The number of aryl methyl sites for hydroxylation is 2. The van der Waals surface area contributed by atoms with Crippen LogP contribution in [0.25, 0.3) is 0 Å². The normalized spacial score (nSPS) is 19.3. The summed E-state index contributed by atoms with van der Waals surface area (Å²) in [6.07, 6.45) is 14.1. The fourth-order valence-electron chi connectivity index (χ4n) is 11.4. The molecule has 7 rings (SSSR count). The number of carbonyl (C=O) groups excluding carboxylic acids is 6. The molecule has 3 atom stereocenters. The fraction of sp³-hybridized carbons (Fsp3) is 0.662. The summed E-state index contributed by atoms with van der Waals surface area (Å²) in [7, 11) is 0. The Balaban J connectivity index is 0.000000495. The van der Waals surface area contributed by atoms with Crippen molar-refractivity contribution in [2.75, 3.05) is 111 Å². The van der Waals surface area contributed by atoms with Crippen LogP contribution in [0.3, 0.4) is 0 Å². The summed E-state index contributed by atoms with van der Waals surface area (Å²) in [5.74, 6) is -5.34. The quantitative estimate of drug-likeness (QED) is 0.0541. The van der Waals surface area contributed by atoms with Crippen LogP contribution in [0.2, 0.25) is 0 Å². The number of hydrogen-bond donors (Lipinski definition) is 6. The Bertz CT molecular complexity index is 2540. The third-order valence-electron chi connectivity index (χ3n) is 16.6. The number of halogens is 2. The van der Waals surface area contributed by atoms with Crippen molar-refractivity contribution in [2.45, 2.75) is 156 Å². The van der Waals surface area contributed by atoms with E-state index >= 15 is 0 Å². The standard InChI is InChI=1S/C38H58N8O10.C13H20.C6H6F2N2O.C6H11NO.C2H6/c47-27-40-33(38(56)46-10-7-29(8-11-46)20-30-4-3-5-31-21-45(28-48)22-32(30)31)6-1-2-9-39-34(49)23-41-12-14-42(24-35(50)51)16-18-44(26-37(54)55)19-17-43(15-13-41)25-36(52)53;1-3-4-5-6-7-13-10-8-12(2)9-11-13;7-6(8)1-5(2-9)10(3-6)4-11;1-2-5-3-4-7-6(5)8;1-2/h3-5,27-29,33H,1-2,6-26H2,(H,39,49)(H,40,47)(H,50,51)(H,52,53)(H,54,55);8-11H,3-7H2,1-2H3;4-5H,1,3H2;5H,2-4H2,1H3,(H,7,8);1-2H3. The van der Waals surface area contributed by atoms with E-state index in [2.05, 4.69) is 73.1 Å². The van der Waals surface area contributed by atoms with Crippen LogP contribution >= 0.6 is 0 Å². The molecule has 0 aliphatic carbocycles. The molecule has 4 fully saturated rings. The van der Waals surface area contributed by atoms with Crippen molar-refractivity contribution in [1.29, 1.82) is 5.26 Å². The largest absolute Gasteiger partial charge is 0.480 e. The second-order valence-electron chi connectivity index (χ2n) is 23.5. The van der Waals surface area contributed by atoms with E-state index in [1.165, 1.54) is 59.9 Å². The molecule has 0 spiro atoms. The van der Waals surface area contributed by atoms with Gasteiger partial charge in [0.2, 0.25) is 37.0 Å². The number of carboxylic acid groups (broad SMARTS) is 3. The molecule has 5 heterocycles. The van der Waals surface area contributed by atoms with Gasteiger partial charge in [-0.25, -0.2) is 8.78 Å². The lowest BCUT2D eigenvalue weighted by Gasteiger charge is -2.34. The summed E-state index contributed by atoms with van der Waals surface area (Å²) in [5, 5.41) is 44.9. The number of benzene rings is 2. The van der Waals surface area contributed by atoms with Crippen LogP contribution in [-0.4, -0.2) is 234 Å². The van der Waals surface area contributed by atoms with Crippen molar-refractivity contribution in [3.8, 4) is 6.07 Å². The van der Waals surface area contributed by atoms with Crippen molar-refractivity contribution in [2.24, 2.45) is 11.8 Å². The van der Waals surface area contributed by atoms with Gasteiger partial charge in [0.1, 0.15) is 12.1 Å². The first-order chi connectivity index (χ1) is 43.2. The first kappa shape index (κ1) is 77.1. The minimum atomic E-state index is -2.89. The second-order valence-corrected chi connectivity index (χ2v) is 23.5. The van der Waals surface area contributed by atoms with E-state index in [0.29, 0.717) is 96.4 Å². The summed E-state index contributed by atoms with van der Waals surface area (Å²) >= 11 is 0. The summed E-state index contributed by atoms with van der Waals surface area (Å²) in [4.78, 5) is 116. The van der Waals surface area contributed by atoms with Gasteiger partial charge >= 0.3 is 17.9 Å². The third-order valence-corrected chi connectivity index (χ3v) is 16.6. The van der Waals surface area contributed by atoms with E-state index in [4.69, 9.17) is 5.26 Å². The molecule has 2 aromatic carbocycles. The Kier molecular flexibility index (Phi) is 36.6. The van der Waals surface area contributed by atoms with Crippen molar-refractivity contribution >= 4 is 54.9 Å². The number of unbranched alkanes of at least 4 members (excludes halogenated alkanes) is 4. The first-order valence-corrected chi connectivity index (χ1v) is 32.1. The fourth-order valence-corrected chi connectivity index (χ4v) is 11.4. The van der Waals surface area contributed by atoms with E-state index < -0.39 is 48.9 Å². The highest BCUT2D eigenvalue weighted by Crippen LogP contribution is 2.31. The zero-order valence-electron chi connectivity index (χ0n) is 53.8. The molecule has 3 unspecified atom stereocenters. The predicted octanol–water partition coefficient (Wildman–Crippen LogP) is 4.87. The summed E-state index contributed by atoms with van der Waals surface area (Å²) in [6, 6.07) is 15.2. The molecule has 0 bridgehead atoms. The maximum absolute atomic E-state index is 13.4. The summed E-state index contributed by atoms with van der Waals surface area (Å²) in [5.41, 5.74) is 6.54. The Labute approximate surface area is 530 Å². The van der Waals surface area contributed by atoms with Crippen molar-refractivity contribution < 1.29 is 67.3 Å². The molecule has 5 aliphatic rings. The number of fused-ring (bicyclic) bond motifs is 1. The maximum Gasteiger partial charge on any atom is 0.317 e. The van der Waals surface area contributed by atoms with Gasteiger partial charge in [-0.05, 0) is 99.3 Å². The Morgan fingerprint density at radius 2 is 1.32 bits per heavy atom. The number of likely N-dealkylation sites (tertiary alicyclic amines) is 2. The van der Waals surface area contributed by atoms with Crippen LogP contribution in [0.1, 0.15) is 133 Å². The molecule has 23 nitrogen and oxygen atoms in total. The van der Waals surface area contributed by atoms with E-state index in [1.807, 2.05) is 29.7 Å². The number of rotatable bonds is 26. The van der Waals surface area contributed by atoms with Crippen molar-refractivity contribution in [3.05, 3.63) is 70.3 Å².